The first-order chi connectivity index (χ1) is 9.38. The van der Waals surface area contributed by atoms with E-state index in [1.165, 1.54) is 12.8 Å². The molecule has 19 heavy (non-hydrogen) atoms. The average molecular weight is 260 g/mol. The summed E-state index contributed by atoms with van der Waals surface area (Å²) < 4.78 is 5.24. The molecule has 2 rings (SSSR count). The zero-order chi connectivity index (χ0) is 13.3. The summed E-state index contributed by atoms with van der Waals surface area (Å²) in [7, 11) is 0. The molecule has 0 bridgehead atoms. The molecule has 0 fully saturated rings. The molecule has 2 heterocycles. The third kappa shape index (κ3) is 4.79. The Hall–Kier alpha value is -1.75. The van der Waals surface area contributed by atoms with E-state index in [0.717, 1.165) is 43.1 Å². The van der Waals surface area contributed by atoms with E-state index in [1.807, 2.05) is 12.1 Å². The third-order valence-corrected chi connectivity index (χ3v) is 2.97. The molecule has 5 nitrogen and oxygen atoms in total. The molecule has 102 valence electrons. The maximum atomic E-state index is 5.45. The monoisotopic (exact) mass is 260 g/mol. The van der Waals surface area contributed by atoms with Crippen LogP contribution >= 0.6 is 0 Å². The zero-order valence-electron chi connectivity index (χ0n) is 11.1. The van der Waals surface area contributed by atoms with Crippen molar-refractivity contribution in [2.24, 2.45) is 5.73 Å². The second kappa shape index (κ2) is 7.63. The van der Waals surface area contributed by atoms with Crippen LogP contribution in [0.5, 0.6) is 0 Å². The number of pyridine rings is 1. The molecule has 0 saturated heterocycles. The second-order valence-electron chi connectivity index (χ2n) is 4.59. The van der Waals surface area contributed by atoms with Gasteiger partial charge in [-0.15, -0.1) is 0 Å². The Morgan fingerprint density at radius 1 is 1.05 bits per heavy atom. The van der Waals surface area contributed by atoms with Gasteiger partial charge in [0.2, 0.25) is 5.89 Å². The first-order valence-electron chi connectivity index (χ1n) is 6.79. The van der Waals surface area contributed by atoms with Crippen molar-refractivity contribution in [3.05, 3.63) is 41.8 Å². The Kier molecular flexibility index (Phi) is 5.49. The van der Waals surface area contributed by atoms with Gasteiger partial charge in [0, 0.05) is 25.2 Å². The van der Waals surface area contributed by atoms with Crippen molar-refractivity contribution in [2.45, 2.75) is 38.5 Å². The van der Waals surface area contributed by atoms with Crippen LogP contribution in [0.15, 0.2) is 29.0 Å². The molecule has 0 aliphatic carbocycles. The molecular formula is C14H20N4O. The van der Waals surface area contributed by atoms with E-state index in [0.29, 0.717) is 6.42 Å². The van der Waals surface area contributed by atoms with Gasteiger partial charge in [0.15, 0.2) is 5.82 Å². The molecule has 0 atom stereocenters. The standard InChI is InChI=1S/C14H20N4O/c15-8-4-2-1-3-5-14-17-13(18-19-14)11-12-6-9-16-10-7-12/h6-7,9-10H,1-5,8,11,15H2. The molecule has 2 aromatic rings. The van der Waals surface area contributed by atoms with Crippen LogP contribution in [0.1, 0.15) is 43.0 Å². The van der Waals surface area contributed by atoms with Crippen LogP contribution in [0.4, 0.5) is 0 Å². The van der Waals surface area contributed by atoms with Gasteiger partial charge >= 0.3 is 0 Å². The van der Waals surface area contributed by atoms with E-state index in [2.05, 4.69) is 15.1 Å². The molecule has 0 spiro atoms. The topological polar surface area (TPSA) is 77.8 Å². The van der Waals surface area contributed by atoms with E-state index in [-0.39, 0.29) is 0 Å². The van der Waals surface area contributed by atoms with Crippen LogP contribution in [0, 0.1) is 0 Å². The van der Waals surface area contributed by atoms with Crippen LogP contribution in [0.2, 0.25) is 0 Å². The van der Waals surface area contributed by atoms with E-state index in [1.54, 1.807) is 12.4 Å². The van der Waals surface area contributed by atoms with Gasteiger partial charge in [-0.1, -0.05) is 18.0 Å². The van der Waals surface area contributed by atoms with Crippen molar-refractivity contribution in [3.63, 3.8) is 0 Å². The number of rotatable bonds is 8. The van der Waals surface area contributed by atoms with Crippen LogP contribution in [0.3, 0.4) is 0 Å². The van der Waals surface area contributed by atoms with Gasteiger partial charge < -0.3 is 10.3 Å². The first kappa shape index (κ1) is 13.7. The fourth-order valence-corrected chi connectivity index (χ4v) is 1.92. The summed E-state index contributed by atoms with van der Waals surface area (Å²) in [5, 5.41) is 4.00. The van der Waals surface area contributed by atoms with Gasteiger partial charge in [-0.25, -0.2) is 0 Å². The lowest BCUT2D eigenvalue weighted by atomic mass is 10.1. The number of hydrogen-bond acceptors (Lipinski definition) is 5. The Morgan fingerprint density at radius 2 is 1.84 bits per heavy atom. The van der Waals surface area contributed by atoms with Gasteiger partial charge in [-0.3, -0.25) is 4.98 Å². The number of aryl methyl sites for hydroxylation is 1. The molecular weight excluding hydrogens is 240 g/mol. The van der Waals surface area contributed by atoms with Crippen molar-refractivity contribution >= 4 is 0 Å². The maximum Gasteiger partial charge on any atom is 0.226 e. The molecule has 2 N–H and O–H groups in total. The summed E-state index contributed by atoms with van der Waals surface area (Å²) in [5.41, 5.74) is 6.60. The third-order valence-electron chi connectivity index (χ3n) is 2.97. The molecule has 2 aromatic heterocycles. The molecule has 0 unspecified atom stereocenters. The van der Waals surface area contributed by atoms with E-state index in [9.17, 15) is 0 Å². The Labute approximate surface area is 113 Å². The quantitative estimate of drug-likeness (QED) is 0.735. The van der Waals surface area contributed by atoms with Gasteiger partial charge in [0.05, 0.1) is 0 Å². The predicted molar refractivity (Wildman–Crippen MR) is 72.6 cm³/mol. The van der Waals surface area contributed by atoms with Gasteiger partial charge in [-0.2, -0.15) is 4.98 Å². The summed E-state index contributed by atoms with van der Waals surface area (Å²) in [4.78, 5) is 8.38. The number of unbranched alkanes of at least 4 members (excludes halogenated alkanes) is 3. The largest absolute Gasteiger partial charge is 0.339 e. The fraction of sp³-hybridized carbons (Fsp3) is 0.500. The summed E-state index contributed by atoms with van der Waals surface area (Å²) >= 11 is 0. The summed E-state index contributed by atoms with van der Waals surface area (Å²) in [5.74, 6) is 1.47. The SMILES string of the molecule is NCCCCCCc1nc(Cc2ccncc2)no1. The fourth-order valence-electron chi connectivity index (χ4n) is 1.92. The highest BCUT2D eigenvalue weighted by Gasteiger charge is 2.06. The molecule has 0 aliphatic rings. The van der Waals surface area contributed by atoms with Gasteiger partial charge in [-0.05, 0) is 37.1 Å². The molecule has 0 saturated carbocycles. The zero-order valence-corrected chi connectivity index (χ0v) is 11.1. The normalized spacial score (nSPS) is 10.8. The number of nitrogens with two attached hydrogens (primary N) is 1. The van der Waals surface area contributed by atoms with Crippen molar-refractivity contribution in [1.82, 2.24) is 15.1 Å². The molecule has 5 heteroatoms. The minimum atomic E-state index is 0.694. The van der Waals surface area contributed by atoms with Crippen molar-refractivity contribution in [3.8, 4) is 0 Å². The predicted octanol–water partition coefficient (Wildman–Crippen LogP) is 2.12. The van der Waals surface area contributed by atoms with E-state index < -0.39 is 0 Å². The summed E-state index contributed by atoms with van der Waals surface area (Å²) in [6.45, 7) is 0.774. The van der Waals surface area contributed by atoms with Crippen LogP contribution < -0.4 is 5.73 Å². The smallest absolute Gasteiger partial charge is 0.226 e. The van der Waals surface area contributed by atoms with Crippen molar-refractivity contribution in [2.75, 3.05) is 6.54 Å². The number of hydrogen-bond donors (Lipinski definition) is 1. The average Bonchev–Trinajstić information content (AvgIpc) is 2.87. The lowest BCUT2D eigenvalue weighted by Crippen LogP contribution is -1.98. The Bertz CT molecular complexity index is 469. The second-order valence-corrected chi connectivity index (χ2v) is 4.59. The van der Waals surface area contributed by atoms with Crippen molar-refractivity contribution in [1.29, 1.82) is 0 Å². The lowest BCUT2D eigenvalue weighted by molar-refractivity contribution is 0.369. The Balaban J connectivity index is 1.76. The molecule has 0 aliphatic heterocycles. The van der Waals surface area contributed by atoms with Crippen LogP contribution in [0.25, 0.3) is 0 Å². The number of nitrogens with zero attached hydrogens (tertiary/aromatic N) is 3. The highest BCUT2D eigenvalue weighted by molar-refractivity contribution is 5.14. The van der Waals surface area contributed by atoms with Crippen molar-refractivity contribution < 1.29 is 4.52 Å². The summed E-state index contributed by atoms with van der Waals surface area (Å²) in [6.07, 6.45) is 9.61. The maximum absolute atomic E-state index is 5.45. The number of aromatic nitrogens is 3. The highest BCUT2D eigenvalue weighted by atomic mass is 16.5. The van der Waals surface area contributed by atoms with Crippen LogP contribution in [-0.4, -0.2) is 21.7 Å². The van der Waals surface area contributed by atoms with Gasteiger partial charge in [0.1, 0.15) is 0 Å². The molecule has 0 radical (unpaired) electrons. The highest BCUT2D eigenvalue weighted by Crippen LogP contribution is 2.09. The molecule has 0 amide bonds. The minimum absolute atomic E-state index is 0.694. The van der Waals surface area contributed by atoms with Gasteiger partial charge in [0.25, 0.3) is 0 Å². The minimum Gasteiger partial charge on any atom is -0.339 e. The van der Waals surface area contributed by atoms with E-state index >= 15 is 0 Å². The molecule has 0 aromatic carbocycles. The lowest BCUT2D eigenvalue weighted by Gasteiger charge is -1.96. The first-order valence-corrected chi connectivity index (χ1v) is 6.79. The van der Waals surface area contributed by atoms with Crippen LogP contribution in [-0.2, 0) is 12.8 Å². The Morgan fingerprint density at radius 3 is 2.63 bits per heavy atom. The summed E-state index contributed by atoms with van der Waals surface area (Å²) in [6, 6.07) is 3.92. The van der Waals surface area contributed by atoms with E-state index in [4.69, 9.17) is 10.3 Å².